The monoisotopic (exact) mass is 235 g/mol. The summed E-state index contributed by atoms with van der Waals surface area (Å²) in [6.07, 6.45) is 8.02. The van der Waals surface area contributed by atoms with Crippen LogP contribution in [0.15, 0.2) is 11.4 Å². The van der Waals surface area contributed by atoms with Gasteiger partial charge in [0.15, 0.2) is 11.4 Å². The molecule has 0 saturated heterocycles. The molecule has 3 aliphatic carbocycles. The summed E-state index contributed by atoms with van der Waals surface area (Å²) in [5.74, 6) is 1.61. The molecule has 0 amide bonds. The van der Waals surface area contributed by atoms with Gasteiger partial charge < -0.3 is 5.32 Å². The summed E-state index contributed by atoms with van der Waals surface area (Å²) in [7, 11) is 0. The molecule has 1 N–H and O–H groups in total. The van der Waals surface area contributed by atoms with Crippen molar-refractivity contribution in [3.05, 3.63) is 11.8 Å². The molecule has 0 spiro atoms. The maximum Gasteiger partial charge on any atom is 0.189 e. The van der Waals surface area contributed by atoms with Crippen LogP contribution < -0.4 is 5.32 Å². The van der Waals surface area contributed by atoms with Gasteiger partial charge in [0.05, 0.1) is 5.56 Å². The first-order valence-electron chi connectivity index (χ1n) is 5.39. The van der Waals surface area contributed by atoms with E-state index < -0.39 is 0 Å². The third-order valence-corrected chi connectivity index (χ3v) is 4.09. The first-order valence-corrected chi connectivity index (χ1v) is 6.61. The van der Waals surface area contributed by atoms with E-state index in [1.807, 2.05) is 6.26 Å². The molecule has 0 aromatic carbocycles. The molecule has 0 unspecified atom stereocenters. The lowest BCUT2D eigenvalue weighted by atomic mass is 9.50. The summed E-state index contributed by atoms with van der Waals surface area (Å²) < 4.78 is 0. The topological polar surface area (TPSA) is 54.9 Å². The van der Waals surface area contributed by atoms with Gasteiger partial charge in [-0.1, -0.05) is 11.8 Å². The molecular weight excluding hydrogens is 222 g/mol. The summed E-state index contributed by atoms with van der Waals surface area (Å²) >= 11 is 1.49. The Bertz CT molecular complexity index is 432. The molecule has 0 aliphatic heterocycles. The minimum Gasteiger partial charge on any atom is -0.364 e. The number of nitrogens with one attached hydrogen (secondary N) is 1. The van der Waals surface area contributed by atoms with E-state index in [4.69, 9.17) is 0 Å². The number of aromatic nitrogens is 2. The van der Waals surface area contributed by atoms with Gasteiger partial charge in [0.2, 0.25) is 0 Å². The Hall–Kier alpha value is -1.10. The molecule has 3 fully saturated rings. The molecule has 4 rings (SSSR count). The molecule has 1 heterocycles. The fourth-order valence-corrected chi connectivity index (χ4v) is 2.88. The number of anilines is 1. The van der Waals surface area contributed by atoms with Gasteiger partial charge >= 0.3 is 0 Å². The second kappa shape index (κ2) is 3.45. The Morgan fingerprint density at radius 3 is 2.81 bits per heavy atom. The van der Waals surface area contributed by atoms with Crippen molar-refractivity contribution in [2.45, 2.75) is 30.0 Å². The average molecular weight is 235 g/mol. The highest BCUT2D eigenvalue weighted by atomic mass is 32.2. The normalized spacial score (nSPS) is 30.2. The highest BCUT2D eigenvalue weighted by Crippen LogP contribution is 2.58. The maximum absolute atomic E-state index is 10.9. The van der Waals surface area contributed by atoms with Crippen LogP contribution in [0, 0.1) is 5.92 Å². The second-order valence-electron chi connectivity index (χ2n) is 4.66. The zero-order chi connectivity index (χ0) is 11.2. The number of nitrogens with zero attached hydrogens (tertiary/aromatic N) is 2. The summed E-state index contributed by atoms with van der Waals surface area (Å²) in [4.78, 5) is 19.4. The fraction of sp³-hybridized carbons (Fsp3) is 0.545. The van der Waals surface area contributed by atoms with Crippen molar-refractivity contribution in [3.8, 4) is 0 Å². The fourth-order valence-electron chi connectivity index (χ4n) is 2.54. The number of hydrogen-bond donors (Lipinski definition) is 1. The SMILES string of the molecule is CSc1ncc(C=O)c(NC23CC(C2)C3)n1. The number of aldehydes is 1. The Morgan fingerprint density at radius 1 is 1.56 bits per heavy atom. The van der Waals surface area contributed by atoms with E-state index in [0.717, 1.165) is 12.2 Å². The zero-order valence-corrected chi connectivity index (χ0v) is 9.88. The van der Waals surface area contributed by atoms with Crippen LogP contribution >= 0.6 is 11.8 Å². The van der Waals surface area contributed by atoms with E-state index in [2.05, 4.69) is 15.3 Å². The first-order chi connectivity index (χ1) is 7.74. The van der Waals surface area contributed by atoms with Crippen molar-refractivity contribution < 1.29 is 4.79 Å². The van der Waals surface area contributed by atoms with E-state index in [0.29, 0.717) is 16.5 Å². The number of carbonyl (C=O) groups is 1. The third kappa shape index (κ3) is 1.42. The van der Waals surface area contributed by atoms with Crippen LogP contribution in [0.5, 0.6) is 0 Å². The van der Waals surface area contributed by atoms with Crippen molar-refractivity contribution in [1.29, 1.82) is 0 Å². The van der Waals surface area contributed by atoms with Gasteiger partial charge in [-0.25, -0.2) is 9.97 Å². The van der Waals surface area contributed by atoms with Crippen LogP contribution in [0.3, 0.4) is 0 Å². The molecule has 3 aliphatic rings. The van der Waals surface area contributed by atoms with Crippen molar-refractivity contribution in [2.24, 2.45) is 5.92 Å². The molecule has 3 saturated carbocycles. The quantitative estimate of drug-likeness (QED) is 0.491. The lowest BCUT2D eigenvalue weighted by Crippen LogP contribution is -2.63. The number of thioether (sulfide) groups is 1. The summed E-state index contributed by atoms with van der Waals surface area (Å²) in [6.45, 7) is 0. The van der Waals surface area contributed by atoms with E-state index in [-0.39, 0.29) is 5.54 Å². The second-order valence-corrected chi connectivity index (χ2v) is 5.44. The standard InChI is InChI=1S/C11H13N3OS/c1-16-10-12-5-8(6-15)9(13-10)14-11-2-7(3-11)4-11/h5-7H,2-4H2,1H3,(H,12,13,14). The molecule has 1 aromatic rings. The highest BCUT2D eigenvalue weighted by Gasteiger charge is 2.56. The molecule has 1 aromatic heterocycles. The van der Waals surface area contributed by atoms with Gasteiger partial charge in [-0.15, -0.1) is 0 Å². The number of carbonyl (C=O) groups excluding carboxylic acids is 1. The van der Waals surface area contributed by atoms with Crippen LogP contribution in [-0.2, 0) is 0 Å². The molecule has 84 valence electrons. The van der Waals surface area contributed by atoms with Crippen LogP contribution in [0.1, 0.15) is 29.6 Å². The minimum atomic E-state index is 0.243. The van der Waals surface area contributed by atoms with Crippen molar-refractivity contribution in [1.82, 2.24) is 9.97 Å². The predicted octanol–water partition coefficient (Wildman–Crippen LogP) is 1.98. The molecular formula is C11H13N3OS. The molecule has 2 bridgehead atoms. The van der Waals surface area contributed by atoms with Crippen molar-refractivity contribution in [3.63, 3.8) is 0 Å². The smallest absolute Gasteiger partial charge is 0.189 e. The number of hydrogen-bond acceptors (Lipinski definition) is 5. The lowest BCUT2D eigenvalue weighted by Gasteiger charge is -2.62. The predicted molar refractivity (Wildman–Crippen MR) is 62.9 cm³/mol. The Kier molecular flexibility index (Phi) is 2.17. The first kappa shape index (κ1) is 10.1. The van der Waals surface area contributed by atoms with Gasteiger partial charge in [-0.2, -0.15) is 0 Å². The van der Waals surface area contributed by atoms with Gasteiger partial charge in [0.25, 0.3) is 0 Å². The Labute approximate surface area is 98.2 Å². The highest BCUT2D eigenvalue weighted by molar-refractivity contribution is 7.98. The largest absolute Gasteiger partial charge is 0.364 e. The Morgan fingerprint density at radius 2 is 2.31 bits per heavy atom. The van der Waals surface area contributed by atoms with Crippen molar-refractivity contribution in [2.75, 3.05) is 11.6 Å². The average Bonchev–Trinajstić information content (AvgIpc) is 2.21. The molecule has 16 heavy (non-hydrogen) atoms. The zero-order valence-electron chi connectivity index (χ0n) is 9.06. The molecule has 0 radical (unpaired) electrons. The third-order valence-electron chi connectivity index (χ3n) is 3.53. The van der Waals surface area contributed by atoms with Crippen molar-refractivity contribution >= 4 is 23.9 Å². The maximum atomic E-state index is 10.9. The van der Waals surface area contributed by atoms with Gasteiger partial charge in [-0.05, 0) is 31.4 Å². The minimum absolute atomic E-state index is 0.243. The molecule has 0 atom stereocenters. The molecule has 5 heteroatoms. The summed E-state index contributed by atoms with van der Waals surface area (Å²) in [5.41, 5.74) is 0.800. The van der Waals surface area contributed by atoms with Crippen LogP contribution in [0.2, 0.25) is 0 Å². The van der Waals surface area contributed by atoms with E-state index in [1.54, 1.807) is 6.20 Å². The lowest BCUT2D eigenvalue weighted by molar-refractivity contribution is 0.00172. The van der Waals surface area contributed by atoms with E-state index >= 15 is 0 Å². The summed E-state index contributed by atoms with van der Waals surface area (Å²) in [5, 5.41) is 4.13. The summed E-state index contributed by atoms with van der Waals surface area (Å²) in [6, 6.07) is 0. The van der Waals surface area contributed by atoms with Crippen LogP contribution in [-0.4, -0.2) is 28.0 Å². The van der Waals surface area contributed by atoms with Gasteiger partial charge in [0.1, 0.15) is 5.82 Å². The van der Waals surface area contributed by atoms with Crippen LogP contribution in [0.4, 0.5) is 5.82 Å². The van der Waals surface area contributed by atoms with E-state index in [9.17, 15) is 4.79 Å². The van der Waals surface area contributed by atoms with E-state index in [1.165, 1.54) is 31.0 Å². The van der Waals surface area contributed by atoms with Crippen LogP contribution in [0.25, 0.3) is 0 Å². The molecule has 4 nitrogen and oxygen atoms in total. The van der Waals surface area contributed by atoms with Gasteiger partial charge in [-0.3, -0.25) is 4.79 Å². The Balaban J connectivity index is 1.87. The number of rotatable bonds is 4. The van der Waals surface area contributed by atoms with Gasteiger partial charge in [0, 0.05) is 11.7 Å².